The monoisotopic (exact) mass is 296 g/mol. The second-order valence-electron chi connectivity index (χ2n) is 5.69. The highest BCUT2D eigenvalue weighted by Crippen LogP contribution is 2.50. The molecule has 0 unspecified atom stereocenters. The summed E-state index contributed by atoms with van der Waals surface area (Å²) in [7, 11) is 0. The van der Waals surface area contributed by atoms with Crippen LogP contribution < -0.4 is 11.1 Å². The number of carbonyl (C=O) groups excluding carboxylic acids is 1. The number of esters is 1. The Morgan fingerprint density at radius 1 is 1.50 bits per heavy atom. The molecule has 1 aromatic heterocycles. The molecule has 0 aliphatic heterocycles. The van der Waals surface area contributed by atoms with Crippen LogP contribution in [0.4, 0.5) is 10.7 Å². The highest BCUT2D eigenvalue weighted by Gasteiger charge is 2.33. The Morgan fingerprint density at radius 2 is 2.20 bits per heavy atom. The molecule has 1 aliphatic rings. The molecule has 20 heavy (non-hydrogen) atoms. The van der Waals surface area contributed by atoms with Crippen LogP contribution in [0.1, 0.15) is 61.2 Å². The van der Waals surface area contributed by atoms with Gasteiger partial charge >= 0.3 is 5.97 Å². The molecule has 4 nitrogen and oxygen atoms in total. The topological polar surface area (TPSA) is 64.3 Å². The first-order chi connectivity index (χ1) is 9.54. The van der Waals surface area contributed by atoms with Gasteiger partial charge in [-0.2, -0.15) is 0 Å². The van der Waals surface area contributed by atoms with Crippen molar-refractivity contribution in [1.82, 2.24) is 0 Å². The fourth-order valence-electron chi connectivity index (χ4n) is 2.19. The van der Waals surface area contributed by atoms with Crippen LogP contribution in [0.15, 0.2) is 0 Å². The third kappa shape index (κ3) is 3.45. The van der Waals surface area contributed by atoms with Gasteiger partial charge in [0.25, 0.3) is 0 Å². The SMILES string of the molecule is CCOC(=O)c1sc(NCCC(C)C)c(C2CC2)c1N. The number of hydrogen-bond donors (Lipinski definition) is 2. The molecule has 112 valence electrons. The van der Waals surface area contributed by atoms with Crippen molar-refractivity contribution >= 4 is 28.0 Å². The van der Waals surface area contributed by atoms with Gasteiger partial charge in [0, 0.05) is 12.1 Å². The highest BCUT2D eigenvalue weighted by molar-refractivity contribution is 7.18. The Balaban J connectivity index is 2.17. The lowest BCUT2D eigenvalue weighted by Crippen LogP contribution is -2.06. The van der Waals surface area contributed by atoms with Crippen molar-refractivity contribution in [3.63, 3.8) is 0 Å². The number of hydrogen-bond acceptors (Lipinski definition) is 5. The first kappa shape index (κ1) is 15.2. The Morgan fingerprint density at radius 3 is 2.75 bits per heavy atom. The molecule has 1 fully saturated rings. The van der Waals surface area contributed by atoms with Crippen LogP contribution in [0.5, 0.6) is 0 Å². The Kier molecular flexibility index (Phi) is 4.91. The third-order valence-corrected chi connectivity index (χ3v) is 4.60. The van der Waals surface area contributed by atoms with Gasteiger partial charge in [-0.3, -0.25) is 0 Å². The standard InChI is InChI=1S/C15H24N2O2S/c1-4-19-15(18)13-12(16)11(10-5-6-10)14(20-13)17-8-7-9(2)3/h9-10,17H,4-8,16H2,1-3H3. The van der Waals surface area contributed by atoms with E-state index in [-0.39, 0.29) is 5.97 Å². The van der Waals surface area contributed by atoms with E-state index in [9.17, 15) is 4.79 Å². The van der Waals surface area contributed by atoms with Crippen molar-refractivity contribution in [2.24, 2.45) is 5.92 Å². The average Bonchev–Trinajstić information content (AvgIpc) is 3.15. The molecule has 0 spiro atoms. The van der Waals surface area contributed by atoms with E-state index in [4.69, 9.17) is 10.5 Å². The quantitative estimate of drug-likeness (QED) is 0.750. The van der Waals surface area contributed by atoms with Crippen LogP contribution in [0.2, 0.25) is 0 Å². The maximum Gasteiger partial charge on any atom is 0.350 e. The number of anilines is 2. The number of ether oxygens (including phenoxy) is 1. The van der Waals surface area contributed by atoms with Crippen molar-refractivity contribution in [3.8, 4) is 0 Å². The first-order valence-corrected chi connectivity index (χ1v) is 8.19. The van der Waals surface area contributed by atoms with Gasteiger partial charge in [0.2, 0.25) is 0 Å². The minimum atomic E-state index is -0.297. The van der Waals surface area contributed by atoms with Crippen LogP contribution in [-0.4, -0.2) is 19.1 Å². The average molecular weight is 296 g/mol. The largest absolute Gasteiger partial charge is 0.462 e. The van der Waals surface area contributed by atoms with E-state index in [1.54, 1.807) is 0 Å². The minimum absolute atomic E-state index is 0.297. The number of carbonyl (C=O) groups is 1. The normalized spacial score (nSPS) is 14.6. The molecule has 0 aromatic carbocycles. The summed E-state index contributed by atoms with van der Waals surface area (Å²) in [5, 5.41) is 4.52. The molecule has 0 atom stereocenters. The highest BCUT2D eigenvalue weighted by atomic mass is 32.1. The van der Waals surface area contributed by atoms with E-state index in [1.165, 1.54) is 24.2 Å². The van der Waals surface area contributed by atoms with E-state index in [0.29, 0.717) is 29.0 Å². The fourth-order valence-corrected chi connectivity index (χ4v) is 3.32. The molecule has 0 amide bonds. The lowest BCUT2D eigenvalue weighted by molar-refractivity contribution is 0.0533. The molecule has 1 aromatic rings. The molecular weight excluding hydrogens is 272 g/mol. The predicted molar refractivity (Wildman–Crippen MR) is 84.6 cm³/mol. The molecular formula is C15H24N2O2S. The first-order valence-electron chi connectivity index (χ1n) is 7.37. The summed E-state index contributed by atoms with van der Waals surface area (Å²) >= 11 is 1.44. The Labute approximate surface area is 124 Å². The van der Waals surface area contributed by atoms with Crippen molar-refractivity contribution < 1.29 is 9.53 Å². The van der Waals surface area contributed by atoms with E-state index in [2.05, 4.69) is 19.2 Å². The lowest BCUT2D eigenvalue weighted by atomic mass is 10.1. The zero-order valence-electron chi connectivity index (χ0n) is 12.5. The van der Waals surface area contributed by atoms with Crippen molar-refractivity contribution in [1.29, 1.82) is 0 Å². The molecule has 5 heteroatoms. The number of thiophene rings is 1. The number of nitrogens with one attached hydrogen (secondary N) is 1. The van der Waals surface area contributed by atoms with Crippen LogP contribution in [-0.2, 0) is 4.74 Å². The van der Waals surface area contributed by atoms with Crippen LogP contribution in [0, 0.1) is 5.92 Å². The molecule has 0 radical (unpaired) electrons. The molecule has 1 saturated carbocycles. The smallest absolute Gasteiger partial charge is 0.350 e. The lowest BCUT2D eigenvalue weighted by Gasteiger charge is -2.08. The number of nitrogens with two attached hydrogens (primary N) is 1. The predicted octanol–water partition coefficient (Wildman–Crippen LogP) is 3.84. The van der Waals surface area contributed by atoms with E-state index >= 15 is 0 Å². The van der Waals surface area contributed by atoms with Crippen LogP contribution in [0.3, 0.4) is 0 Å². The zero-order chi connectivity index (χ0) is 14.7. The van der Waals surface area contributed by atoms with Crippen molar-refractivity contribution in [2.45, 2.75) is 46.0 Å². The molecule has 0 bridgehead atoms. The summed E-state index contributed by atoms with van der Waals surface area (Å²) in [6.07, 6.45) is 3.45. The van der Waals surface area contributed by atoms with E-state index < -0.39 is 0 Å². The Hall–Kier alpha value is -1.23. The zero-order valence-corrected chi connectivity index (χ0v) is 13.3. The third-order valence-electron chi connectivity index (χ3n) is 3.44. The fraction of sp³-hybridized carbons (Fsp3) is 0.667. The van der Waals surface area contributed by atoms with Gasteiger partial charge in [-0.15, -0.1) is 11.3 Å². The summed E-state index contributed by atoms with van der Waals surface area (Å²) in [5.41, 5.74) is 7.95. The second kappa shape index (κ2) is 6.48. The number of nitrogen functional groups attached to an aromatic ring is 1. The van der Waals surface area contributed by atoms with Gasteiger partial charge in [0.15, 0.2) is 0 Å². The summed E-state index contributed by atoms with van der Waals surface area (Å²) in [4.78, 5) is 12.5. The molecule has 1 heterocycles. The summed E-state index contributed by atoms with van der Waals surface area (Å²) in [6.45, 7) is 7.52. The second-order valence-corrected chi connectivity index (χ2v) is 6.71. The summed E-state index contributed by atoms with van der Waals surface area (Å²) in [6, 6.07) is 0. The summed E-state index contributed by atoms with van der Waals surface area (Å²) in [5.74, 6) is 0.887. The van der Waals surface area contributed by atoms with Crippen molar-refractivity contribution in [3.05, 3.63) is 10.4 Å². The van der Waals surface area contributed by atoms with Crippen LogP contribution in [0.25, 0.3) is 0 Å². The number of rotatable bonds is 7. The maximum absolute atomic E-state index is 11.9. The van der Waals surface area contributed by atoms with E-state index in [0.717, 1.165) is 23.5 Å². The van der Waals surface area contributed by atoms with E-state index in [1.807, 2.05) is 6.92 Å². The van der Waals surface area contributed by atoms with Gasteiger partial charge in [-0.25, -0.2) is 4.79 Å². The van der Waals surface area contributed by atoms with Crippen molar-refractivity contribution in [2.75, 3.05) is 24.2 Å². The summed E-state index contributed by atoms with van der Waals surface area (Å²) < 4.78 is 5.08. The Bertz CT molecular complexity index is 478. The molecule has 1 aliphatic carbocycles. The van der Waals surface area contributed by atoms with Gasteiger partial charge < -0.3 is 15.8 Å². The molecule has 2 rings (SSSR count). The van der Waals surface area contributed by atoms with Gasteiger partial charge in [0.05, 0.1) is 17.3 Å². The van der Waals surface area contributed by atoms with Gasteiger partial charge in [-0.1, -0.05) is 13.8 Å². The van der Waals surface area contributed by atoms with Crippen LogP contribution >= 0.6 is 11.3 Å². The van der Waals surface area contributed by atoms with Gasteiger partial charge in [-0.05, 0) is 38.0 Å². The molecule has 3 N–H and O–H groups in total. The molecule has 0 saturated heterocycles. The maximum atomic E-state index is 11.9. The minimum Gasteiger partial charge on any atom is -0.462 e. The van der Waals surface area contributed by atoms with Gasteiger partial charge in [0.1, 0.15) is 4.88 Å².